The molecule has 0 atom stereocenters. The van der Waals surface area contributed by atoms with E-state index in [1.807, 2.05) is 0 Å². The number of amides is 2. The van der Waals surface area contributed by atoms with Crippen molar-refractivity contribution in [2.45, 2.75) is 19.4 Å². The number of carboxylic acid groups (broad SMARTS) is 1. The Hall–Kier alpha value is -1.67. The Morgan fingerprint density at radius 1 is 1.40 bits per heavy atom. The third-order valence-corrected chi connectivity index (χ3v) is 4.18. The van der Waals surface area contributed by atoms with Crippen LogP contribution in [-0.4, -0.2) is 41.8 Å². The quantitative estimate of drug-likeness (QED) is 0.747. The van der Waals surface area contributed by atoms with Crippen LogP contribution in [-0.2, 0) is 16.1 Å². The number of hydrogen-bond donors (Lipinski definition) is 3. The SMILES string of the molecule is O=C(NCc1cncs1)NCC1(C(=O)O)CCOCC1. The zero-order valence-corrected chi connectivity index (χ0v) is 11.7. The molecule has 110 valence electrons. The highest BCUT2D eigenvalue weighted by molar-refractivity contribution is 7.09. The van der Waals surface area contributed by atoms with Gasteiger partial charge in [-0.05, 0) is 12.8 Å². The summed E-state index contributed by atoms with van der Waals surface area (Å²) in [6.45, 7) is 1.33. The van der Waals surface area contributed by atoms with Gasteiger partial charge in [-0.25, -0.2) is 4.79 Å². The first kappa shape index (κ1) is 14.7. The van der Waals surface area contributed by atoms with Crippen molar-refractivity contribution in [1.82, 2.24) is 15.6 Å². The number of thiazole rings is 1. The molecule has 20 heavy (non-hydrogen) atoms. The molecule has 0 aromatic carbocycles. The second kappa shape index (κ2) is 6.67. The molecule has 0 aliphatic carbocycles. The van der Waals surface area contributed by atoms with Crippen LogP contribution in [0.5, 0.6) is 0 Å². The van der Waals surface area contributed by atoms with Crippen LogP contribution < -0.4 is 10.6 Å². The van der Waals surface area contributed by atoms with Crippen molar-refractivity contribution in [2.75, 3.05) is 19.8 Å². The predicted octanol–water partition coefficient (Wildman–Crippen LogP) is 0.824. The third-order valence-electron chi connectivity index (χ3n) is 3.40. The standard InChI is InChI=1S/C12H17N3O4S/c16-10(17)12(1-3-19-4-2-12)7-15-11(18)14-6-9-5-13-8-20-9/h5,8H,1-4,6-7H2,(H,16,17)(H2,14,15,18). The van der Waals surface area contributed by atoms with Crippen molar-refractivity contribution in [3.63, 3.8) is 0 Å². The summed E-state index contributed by atoms with van der Waals surface area (Å²) >= 11 is 1.45. The van der Waals surface area contributed by atoms with Crippen molar-refractivity contribution in [1.29, 1.82) is 0 Å². The number of nitrogens with one attached hydrogen (secondary N) is 2. The summed E-state index contributed by atoms with van der Waals surface area (Å²) in [4.78, 5) is 27.9. The molecule has 1 aliphatic heterocycles. The van der Waals surface area contributed by atoms with E-state index in [2.05, 4.69) is 15.6 Å². The van der Waals surface area contributed by atoms with Gasteiger partial charge >= 0.3 is 12.0 Å². The van der Waals surface area contributed by atoms with Crippen LogP contribution in [0.2, 0.25) is 0 Å². The van der Waals surface area contributed by atoms with Gasteiger partial charge in [0.2, 0.25) is 0 Å². The second-order valence-electron chi connectivity index (χ2n) is 4.70. The molecule has 1 aromatic heterocycles. The van der Waals surface area contributed by atoms with Gasteiger partial charge in [0.1, 0.15) is 0 Å². The fourth-order valence-corrected chi connectivity index (χ4v) is 2.57. The maximum atomic E-state index is 11.7. The molecule has 0 spiro atoms. The largest absolute Gasteiger partial charge is 0.481 e. The lowest BCUT2D eigenvalue weighted by Crippen LogP contribution is -2.48. The number of carbonyl (C=O) groups is 2. The van der Waals surface area contributed by atoms with Gasteiger partial charge in [0.05, 0.1) is 17.5 Å². The number of urea groups is 1. The molecular formula is C12H17N3O4S. The summed E-state index contributed by atoms with van der Waals surface area (Å²) in [5, 5.41) is 14.7. The minimum absolute atomic E-state index is 0.111. The molecule has 7 nitrogen and oxygen atoms in total. The Morgan fingerprint density at radius 3 is 2.75 bits per heavy atom. The number of nitrogens with zero attached hydrogens (tertiary/aromatic N) is 1. The number of carbonyl (C=O) groups excluding carboxylic acids is 1. The molecule has 1 aromatic rings. The van der Waals surface area contributed by atoms with Crippen LogP contribution in [0.25, 0.3) is 0 Å². The molecule has 1 saturated heterocycles. The summed E-state index contributed by atoms with van der Waals surface area (Å²) in [6.07, 6.45) is 2.51. The lowest BCUT2D eigenvalue weighted by molar-refractivity contribution is -0.154. The number of aliphatic carboxylic acids is 1. The van der Waals surface area contributed by atoms with Gasteiger partial charge in [-0.15, -0.1) is 11.3 Å². The Bertz CT molecular complexity index is 457. The van der Waals surface area contributed by atoms with Gasteiger partial charge < -0.3 is 20.5 Å². The molecule has 0 unspecified atom stereocenters. The highest BCUT2D eigenvalue weighted by Crippen LogP contribution is 2.29. The van der Waals surface area contributed by atoms with Crippen molar-refractivity contribution < 1.29 is 19.4 Å². The lowest BCUT2D eigenvalue weighted by atomic mass is 9.80. The summed E-state index contributed by atoms with van der Waals surface area (Å²) in [6, 6.07) is -0.370. The van der Waals surface area contributed by atoms with E-state index >= 15 is 0 Å². The van der Waals surface area contributed by atoms with Crippen LogP contribution in [0.15, 0.2) is 11.7 Å². The predicted molar refractivity (Wildman–Crippen MR) is 72.5 cm³/mol. The van der Waals surface area contributed by atoms with Gasteiger partial charge in [-0.2, -0.15) is 0 Å². The van der Waals surface area contributed by atoms with Gasteiger partial charge in [0.25, 0.3) is 0 Å². The molecule has 2 amide bonds. The van der Waals surface area contributed by atoms with Gasteiger partial charge in [0, 0.05) is 30.8 Å². The van der Waals surface area contributed by atoms with Crippen LogP contribution >= 0.6 is 11.3 Å². The number of aromatic nitrogens is 1. The van der Waals surface area contributed by atoms with Crippen molar-refractivity contribution >= 4 is 23.3 Å². The number of hydrogen-bond acceptors (Lipinski definition) is 5. The van der Waals surface area contributed by atoms with E-state index in [1.54, 1.807) is 11.7 Å². The van der Waals surface area contributed by atoms with E-state index in [-0.39, 0.29) is 12.6 Å². The summed E-state index contributed by atoms with van der Waals surface area (Å²) in [7, 11) is 0. The molecule has 2 rings (SSSR count). The number of carboxylic acids is 1. The minimum atomic E-state index is -0.917. The normalized spacial score (nSPS) is 17.4. The molecule has 0 saturated carbocycles. The summed E-state index contributed by atoms with van der Waals surface area (Å²) in [5.41, 5.74) is 0.774. The first-order chi connectivity index (χ1) is 9.62. The Morgan fingerprint density at radius 2 is 2.15 bits per heavy atom. The first-order valence-corrected chi connectivity index (χ1v) is 7.21. The van der Waals surface area contributed by atoms with E-state index in [9.17, 15) is 14.7 Å². The minimum Gasteiger partial charge on any atom is -0.481 e. The molecular weight excluding hydrogens is 282 g/mol. The van der Waals surface area contributed by atoms with Crippen LogP contribution in [0.3, 0.4) is 0 Å². The number of rotatable bonds is 5. The maximum absolute atomic E-state index is 11.7. The third kappa shape index (κ3) is 3.67. The highest BCUT2D eigenvalue weighted by atomic mass is 32.1. The molecule has 0 bridgehead atoms. The Labute approximate surface area is 120 Å². The van der Waals surface area contributed by atoms with Gasteiger partial charge in [-0.1, -0.05) is 0 Å². The topological polar surface area (TPSA) is 101 Å². The summed E-state index contributed by atoms with van der Waals surface area (Å²) in [5.74, 6) is -0.886. The average Bonchev–Trinajstić information content (AvgIpc) is 2.97. The second-order valence-corrected chi connectivity index (χ2v) is 5.67. The zero-order valence-electron chi connectivity index (χ0n) is 10.9. The van der Waals surface area contributed by atoms with E-state index < -0.39 is 11.4 Å². The fraction of sp³-hybridized carbons (Fsp3) is 0.583. The fourth-order valence-electron chi connectivity index (χ4n) is 2.04. The molecule has 2 heterocycles. The van der Waals surface area contributed by atoms with Crippen LogP contribution in [0, 0.1) is 5.41 Å². The average molecular weight is 299 g/mol. The number of ether oxygens (including phenoxy) is 1. The van der Waals surface area contributed by atoms with E-state index in [0.29, 0.717) is 32.6 Å². The monoisotopic (exact) mass is 299 g/mol. The van der Waals surface area contributed by atoms with Crippen LogP contribution in [0.1, 0.15) is 17.7 Å². The molecule has 0 radical (unpaired) electrons. The molecule has 3 N–H and O–H groups in total. The van der Waals surface area contributed by atoms with E-state index in [1.165, 1.54) is 11.3 Å². The summed E-state index contributed by atoms with van der Waals surface area (Å²) < 4.78 is 5.18. The van der Waals surface area contributed by atoms with Crippen molar-refractivity contribution in [2.24, 2.45) is 5.41 Å². The van der Waals surface area contributed by atoms with Gasteiger partial charge in [0.15, 0.2) is 0 Å². The molecule has 1 fully saturated rings. The highest BCUT2D eigenvalue weighted by Gasteiger charge is 2.40. The smallest absolute Gasteiger partial charge is 0.315 e. The van der Waals surface area contributed by atoms with E-state index in [4.69, 9.17) is 4.74 Å². The zero-order chi connectivity index (χ0) is 14.4. The molecule has 8 heteroatoms. The Kier molecular flexibility index (Phi) is 4.91. The lowest BCUT2D eigenvalue weighted by Gasteiger charge is -2.33. The van der Waals surface area contributed by atoms with Gasteiger partial charge in [-0.3, -0.25) is 9.78 Å². The molecule has 1 aliphatic rings. The van der Waals surface area contributed by atoms with E-state index in [0.717, 1.165) is 4.88 Å². The van der Waals surface area contributed by atoms with Crippen LogP contribution in [0.4, 0.5) is 4.79 Å². The Balaban J connectivity index is 1.80. The van der Waals surface area contributed by atoms with Crippen molar-refractivity contribution in [3.05, 3.63) is 16.6 Å². The maximum Gasteiger partial charge on any atom is 0.315 e. The first-order valence-electron chi connectivity index (χ1n) is 6.33. The van der Waals surface area contributed by atoms with Crippen molar-refractivity contribution in [3.8, 4) is 0 Å².